The molecule has 0 spiro atoms. The highest BCUT2D eigenvalue weighted by Gasteiger charge is 2.14. The molecule has 1 aromatic carbocycles. The molecule has 0 unspecified atom stereocenters. The van der Waals surface area contributed by atoms with Crippen molar-refractivity contribution in [1.82, 2.24) is 5.32 Å². The Hall–Kier alpha value is -1.06. The minimum atomic E-state index is 0.772. The Morgan fingerprint density at radius 1 is 1.44 bits per heavy atom. The van der Waals surface area contributed by atoms with Crippen molar-refractivity contribution in [2.75, 3.05) is 38.8 Å². The molecule has 0 amide bonds. The minimum Gasteiger partial charge on any atom is -0.383 e. The molecule has 1 aromatic rings. The van der Waals surface area contributed by atoms with Crippen LogP contribution in [0.2, 0.25) is 0 Å². The Balaban J connectivity index is 1.92. The molecule has 2 rings (SSSR count). The Kier molecular flexibility index (Phi) is 3.80. The summed E-state index contributed by atoms with van der Waals surface area (Å²) in [6, 6.07) is 6.76. The standard InChI is InChI=1S/C13H20N2O/c1-15-7-5-12-9-11(3-4-13(12)15)10-14-6-8-16-2/h3-4,9,14H,5-8,10H2,1-2H3. The smallest absolute Gasteiger partial charge is 0.0587 e. The monoisotopic (exact) mass is 220 g/mol. The van der Waals surface area contributed by atoms with Gasteiger partial charge in [0.1, 0.15) is 0 Å². The van der Waals surface area contributed by atoms with Gasteiger partial charge in [-0.25, -0.2) is 0 Å². The van der Waals surface area contributed by atoms with Gasteiger partial charge in [0.2, 0.25) is 0 Å². The van der Waals surface area contributed by atoms with E-state index in [9.17, 15) is 0 Å². The molecule has 1 N–H and O–H groups in total. The molecule has 0 fully saturated rings. The number of anilines is 1. The van der Waals surface area contributed by atoms with Crippen LogP contribution in [0.15, 0.2) is 18.2 Å². The van der Waals surface area contributed by atoms with Gasteiger partial charge >= 0.3 is 0 Å². The van der Waals surface area contributed by atoms with Gasteiger partial charge in [-0.2, -0.15) is 0 Å². The van der Waals surface area contributed by atoms with E-state index in [1.807, 2.05) is 0 Å². The number of hydrogen-bond donors (Lipinski definition) is 1. The van der Waals surface area contributed by atoms with Gasteiger partial charge < -0.3 is 15.0 Å². The van der Waals surface area contributed by atoms with E-state index >= 15 is 0 Å². The summed E-state index contributed by atoms with van der Waals surface area (Å²) in [5.41, 5.74) is 4.24. The van der Waals surface area contributed by atoms with Gasteiger partial charge in [0.25, 0.3) is 0 Å². The Morgan fingerprint density at radius 3 is 3.12 bits per heavy atom. The fourth-order valence-corrected chi connectivity index (χ4v) is 2.14. The number of ether oxygens (including phenoxy) is 1. The van der Waals surface area contributed by atoms with Gasteiger partial charge in [0.15, 0.2) is 0 Å². The summed E-state index contributed by atoms with van der Waals surface area (Å²) in [6.07, 6.45) is 1.18. The van der Waals surface area contributed by atoms with Gasteiger partial charge in [-0.05, 0) is 23.6 Å². The molecule has 1 heterocycles. The van der Waals surface area contributed by atoms with Crippen LogP contribution in [0.25, 0.3) is 0 Å². The van der Waals surface area contributed by atoms with E-state index < -0.39 is 0 Å². The van der Waals surface area contributed by atoms with E-state index in [-0.39, 0.29) is 0 Å². The molecule has 0 atom stereocenters. The number of methoxy groups -OCH3 is 1. The number of hydrogen-bond acceptors (Lipinski definition) is 3. The maximum atomic E-state index is 5.00. The molecule has 16 heavy (non-hydrogen) atoms. The highest BCUT2D eigenvalue weighted by molar-refractivity contribution is 5.58. The fraction of sp³-hybridized carbons (Fsp3) is 0.538. The number of rotatable bonds is 5. The number of benzene rings is 1. The van der Waals surface area contributed by atoms with Crippen molar-refractivity contribution in [1.29, 1.82) is 0 Å². The zero-order chi connectivity index (χ0) is 11.4. The van der Waals surface area contributed by atoms with Crippen LogP contribution < -0.4 is 10.2 Å². The molecule has 88 valence electrons. The second-order valence-corrected chi connectivity index (χ2v) is 4.30. The summed E-state index contributed by atoms with van der Waals surface area (Å²) >= 11 is 0. The first-order valence-corrected chi connectivity index (χ1v) is 5.84. The first kappa shape index (κ1) is 11.4. The van der Waals surface area contributed by atoms with Gasteiger partial charge in [-0.15, -0.1) is 0 Å². The lowest BCUT2D eigenvalue weighted by atomic mass is 10.1. The molecular formula is C13H20N2O. The molecule has 0 bridgehead atoms. The molecule has 3 heteroatoms. The predicted octanol–water partition coefficient (Wildman–Crippen LogP) is 1.41. The Morgan fingerprint density at radius 2 is 2.31 bits per heavy atom. The molecular weight excluding hydrogens is 200 g/mol. The highest BCUT2D eigenvalue weighted by atomic mass is 16.5. The summed E-state index contributed by atoms with van der Waals surface area (Å²) in [5.74, 6) is 0. The molecule has 0 aliphatic carbocycles. The van der Waals surface area contributed by atoms with Gasteiger partial charge in [-0.3, -0.25) is 0 Å². The van der Waals surface area contributed by atoms with Crippen LogP contribution in [-0.2, 0) is 17.7 Å². The fourth-order valence-electron chi connectivity index (χ4n) is 2.14. The van der Waals surface area contributed by atoms with Gasteiger partial charge in [-0.1, -0.05) is 12.1 Å². The molecule has 1 aliphatic rings. The van der Waals surface area contributed by atoms with Gasteiger partial charge in [0, 0.05) is 39.5 Å². The van der Waals surface area contributed by atoms with Crippen LogP contribution in [0.1, 0.15) is 11.1 Å². The second-order valence-electron chi connectivity index (χ2n) is 4.30. The molecule has 0 aromatic heterocycles. The molecule has 1 aliphatic heterocycles. The largest absolute Gasteiger partial charge is 0.383 e. The average Bonchev–Trinajstić information content (AvgIpc) is 2.66. The lowest BCUT2D eigenvalue weighted by molar-refractivity contribution is 0.199. The van der Waals surface area contributed by atoms with Crippen LogP contribution in [0.3, 0.4) is 0 Å². The first-order chi connectivity index (χ1) is 7.81. The van der Waals surface area contributed by atoms with E-state index in [2.05, 4.69) is 35.5 Å². The van der Waals surface area contributed by atoms with Crippen molar-refractivity contribution in [2.24, 2.45) is 0 Å². The molecule has 0 radical (unpaired) electrons. The highest BCUT2D eigenvalue weighted by Crippen LogP contribution is 2.27. The number of likely N-dealkylation sites (N-methyl/N-ethyl adjacent to an activating group) is 1. The van der Waals surface area contributed by atoms with Crippen molar-refractivity contribution in [3.63, 3.8) is 0 Å². The van der Waals surface area contributed by atoms with Gasteiger partial charge in [0.05, 0.1) is 6.61 Å². The van der Waals surface area contributed by atoms with E-state index in [0.29, 0.717) is 0 Å². The minimum absolute atomic E-state index is 0.772. The van der Waals surface area contributed by atoms with Crippen molar-refractivity contribution in [2.45, 2.75) is 13.0 Å². The van der Waals surface area contributed by atoms with Crippen LogP contribution in [0, 0.1) is 0 Å². The summed E-state index contributed by atoms with van der Waals surface area (Å²) in [5, 5.41) is 3.37. The van der Waals surface area contributed by atoms with Crippen LogP contribution in [-0.4, -0.2) is 33.9 Å². The SMILES string of the molecule is COCCNCc1ccc2c(c1)CCN2C. The third-order valence-electron chi connectivity index (χ3n) is 3.08. The third kappa shape index (κ3) is 2.54. The lowest BCUT2D eigenvalue weighted by Crippen LogP contribution is -2.18. The maximum absolute atomic E-state index is 5.00. The Bertz CT molecular complexity index is 352. The van der Waals surface area contributed by atoms with E-state index in [4.69, 9.17) is 4.74 Å². The second kappa shape index (κ2) is 5.32. The van der Waals surface area contributed by atoms with Crippen molar-refractivity contribution in [3.8, 4) is 0 Å². The predicted molar refractivity (Wildman–Crippen MR) is 67.0 cm³/mol. The first-order valence-electron chi connectivity index (χ1n) is 5.84. The van der Waals surface area contributed by atoms with Crippen LogP contribution in [0.5, 0.6) is 0 Å². The number of nitrogens with zero attached hydrogens (tertiary/aromatic N) is 1. The van der Waals surface area contributed by atoms with Crippen LogP contribution in [0.4, 0.5) is 5.69 Å². The van der Waals surface area contributed by atoms with E-state index in [0.717, 1.165) is 26.2 Å². The van der Waals surface area contributed by atoms with E-state index in [1.54, 1.807) is 7.11 Å². The summed E-state index contributed by atoms with van der Waals surface area (Å²) in [6.45, 7) is 3.76. The summed E-state index contributed by atoms with van der Waals surface area (Å²) in [7, 11) is 3.88. The lowest BCUT2D eigenvalue weighted by Gasteiger charge is -2.12. The normalized spacial score (nSPS) is 14.2. The van der Waals surface area contributed by atoms with Crippen molar-refractivity contribution in [3.05, 3.63) is 29.3 Å². The van der Waals surface area contributed by atoms with Crippen molar-refractivity contribution >= 4 is 5.69 Å². The molecule has 0 saturated heterocycles. The Labute approximate surface area is 97.4 Å². The maximum Gasteiger partial charge on any atom is 0.0587 e. The number of nitrogens with one attached hydrogen (secondary N) is 1. The average molecular weight is 220 g/mol. The zero-order valence-electron chi connectivity index (χ0n) is 10.1. The molecule has 3 nitrogen and oxygen atoms in total. The quantitative estimate of drug-likeness (QED) is 0.759. The third-order valence-corrected chi connectivity index (χ3v) is 3.08. The van der Waals surface area contributed by atoms with Crippen molar-refractivity contribution < 1.29 is 4.74 Å². The zero-order valence-corrected chi connectivity index (χ0v) is 10.1. The summed E-state index contributed by atoms with van der Waals surface area (Å²) in [4.78, 5) is 2.32. The van der Waals surface area contributed by atoms with Crippen LogP contribution >= 0.6 is 0 Å². The topological polar surface area (TPSA) is 24.5 Å². The van der Waals surface area contributed by atoms with E-state index in [1.165, 1.54) is 23.2 Å². The molecule has 0 saturated carbocycles. The summed E-state index contributed by atoms with van der Waals surface area (Å²) < 4.78 is 5.00. The number of fused-ring (bicyclic) bond motifs is 1.